The van der Waals surface area contributed by atoms with E-state index in [0.717, 1.165) is 5.06 Å². The highest BCUT2D eigenvalue weighted by Gasteiger charge is 2.12. The Morgan fingerprint density at radius 1 is 1.50 bits per heavy atom. The molecule has 0 aliphatic heterocycles. The van der Waals surface area contributed by atoms with Gasteiger partial charge < -0.3 is 9.84 Å². The van der Waals surface area contributed by atoms with E-state index in [-0.39, 0.29) is 6.54 Å². The summed E-state index contributed by atoms with van der Waals surface area (Å²) in [5.74, 6) is 0.309. The van der Waals surface area contributed by atoms with Gasteiger partial charge in [-0.2, -0.15) is 5.06 Å². The first-order valence-corrected chi connectivity index (χ1v) is 4.79. The third kappa shape index (κ3) is 6.68. The topological polar surface area (TPSA) is 59.0 Å². The highest BCUT2D eigenvalue weighted by atomic mass is 16.7. The summed E-state index contributed by atoms with van der Waals surface area (Å²) in [7, 11) is 0. The molecular weight excluding hydrogens is 186 g/mol. The predicted octanol–water partition coefficient (Wildman–Crippen LogP) is 1.59. The van der Waals surface area contributed by atoms with E-state index >= 15 is 0 Å². The maximum absolute atomic E-state index is 10.7. The van der Waals surface area contributed by atoms with Gasteiger partial charge in [0.2, 0.25) is 0 Å². The zero-order valence-corrected chi connectivity index (χ0v) is 9.02. The first-order chi connectivity index (χ1) is 6.57. The van der Waals surface area contributed by atoms with Crippen molar-refractivity contribution < 1.29 is 19.5 Å². The smallest absolute Gasteiger partial charge is 0.431 e. The summed E-state index contributed by atoms with van der Waals surface area (Å²) in [6, 6.07) is 0. The minimum absolute atomic E-state index is 0.246. The number of nitrogens with zero attached hydrogens (tertiary/aromatic N) is 1. The molecule has 0 atom stereocenters. The average Bonchev–Trinajstić information content (AvgIpc) is 2.10. The Balaban J connectivity index is 3.72. The molecule has 0 spiro atoms. The van der Waals surface area contributed by atoms with Gasteiger partial charge in [0, 0.05) is 6.61 Å². The Morgan fingerprint density at radius 2 is 2.14 bits per heavy atom. The molecule has 0 radical (unpaired) electrons. The number of hydrogen-bond donors (Lipinski definition) is 1. The summed E-state index contributed by atoms with van der Waals surface area (Å²) in [5, 5.41) is 9.64. The van der Waals surface area contributed by atoms with Gasteiger partial charge in [0.05, 0.1) is 19.8 Å². The van der Waals surface area contributed by atoms with Crippen molar-refractivity contribution in [1.29, 1.82) is 0 Å². The standard InChI is InChI=1S/C9H19NO4/c1-4-13-6-5-10(9(11)12)14-7-8(2)3/h8H,4-7H2,1-3H3,(H,11,12). The van der Waals surface area contributed by atoms with Crippen molar-refractivity contribution in [1.82, 2.24) is 5.06 Å². The Labute approximate surface area is 84.6 Å². The fraction of sp³-hybridized carbons (Fsp3) is 0.889. The van der Waals surface area contributed by atoms with E-state index in [2.05, 4.69) is 0 Å². The fourth-order valence-electron chi connectivity index (χ4n) is 0.746. The van der Waals surface area contributed by atoms with Crippen molar-refractivity contribution in [3.05, 3.63) is 0 Å². The van der Waals surface area contributed by atoms with Crippen LogP contribution in [-0.4, -0.2) is 42.6 Å². The van der Waals surface area contributed by atoms with Crippen LogP contribution in [0.25, 0.3) is 0 Å². The molecule has 0 aliphatic carbocycles. The molecular formula is C9H19NO4. The van der Waals surface area contributed by atoms with Crippen LogP contribution in [-0.2, 0) is 9.57 Å². The summed E-state index contributed by atoms with van der Waals surface area (Å²) >= 11 is 0. The molecule has 14 heavy (non-hydrogen) atoms. The molecule has 0 rings (SSSR count). The zero-order chi connectivity index (χ0) is 11.0. The molecule has 5 nitrogen and oxygen atoms in total. The first-order valence-electron chi connectivity index (χ1n) is 4.79. The summed E-state index contributed by atoms with van der Waals surface area (Å²) < 4.78 is 5.04. The maximum Gasteiger partial charge on any atom is 0.431 e. The Kier molecular flexibility index (Phi) is 7.14. The molecule has 0 saturated carbocycles. The van der Waals surface area contributed by atoms with Gasteiger partial charge in [0.15, 0.2) is 0 Å². The van der Waals surface area contributed by atoms with Crippen LogP contribution in [0.5, 0.6) is 0 Å². The van der Waals surface area contributed by atoms with E-state index < -0.39 is 6.09 Å². The third-order valence-corrected chi connectivity index (χ3v) is 1.42. The van der Waals surface area contributed by atoms with Gasteiger partial charge in [-0.25, -0.2) is 4.79 Å². The van der Waals surface area contributed by atoms with Crippen molar-refractivity contribution in [3.8, 4) is 0 Å². The molecule has 0 aromatic heterocycles. The van der Waals surface area contributed by atoms with Gasteiger partial charge in [0.1, 0.15) is 0 Å². The molecule has 84 valence electrons. The van der Waals surface area contributed by atoms with Gasteiger partial charge in [-0.05, 0) is 12.8 Å². The van der Waals surface area contributed by atoms with Crippen LogP contribution < -0.4 is 0 Å². The van der Waals surface area contributed by atoms with E-state index in [1.165, 1.54) is 0 Å². The number of carbonyl (C=O) groups is 1. The second-order valence-electron chi connectivity index (χ2n) is 3.27. The summed E-state index contributed by atoms with van der Waals surface area (Å²) in [6.45, 7) is 7.37. The van der Waals surface area contributed by atoms with Gasteiger partial charge in [-0.1, -0.05) is 13.8 Å². The minimum Gasteiger partial charge on any atom is -0.463 e. The van der Waals surface area contributed by atoms with Crippen LogP contribution in [0.15, 0.2) is 0 Å². The molecule has 0 fully saturated rings. The molecule has 1 amide bonds. The maximum atomic E-state index is 10.7. The second kappa shape index (κ2) is 7.58. The number of hydrogen-bond acceptors (Lipinski definition) is 3. The van der Waals surface area contributed by atoms with Crippen molar-refractivity contribution in [3.63, 3.8) is 0 Å². The van der Waals surface area contributed by atoms with Crippen molar-refractivity contribution >= 4 is 6.09 Å². The van der Waals surface area contributed by atoms with E-state index in [1.807, 2.05) is 20.8 Å². The Morgan fingerprint density at radius 3 is 2.57 bits per heavy atom. The van der Waals surface area contributed by atoms with Crippen LogP contribution in [0, 0.1) is 5.92 Å². The summed E-state index contributed by atoms with van der Waals surface area (Å²) in [5.41, 5.74) is 0. The van der Waals surface area contributed by atoms with E-state index in [9.17, 15) is 4.79 Å². The van der Waals surface area contributed by atoms with Crippen molar-refractivity contribution in [2.75, 3.05) is 26.4 Å². The lowest BCUT2D eigenvalue weighted by atomic mass is 10.2. The van der Waals surface area contributed by atoms with E-state index in [1.54, 1.807) is 0 Å². The summed E-state index contributed by atoms with van der Waals surface area (Å²) in [4.78, 5) is 15.7. The van der Waals surface area contributed by atoms with E-state index in [4.69, 9.17) is 14.7 Å². The highest BCUT2D eigenvalue weighted by Crippen LogP contribution is 1.98. The van der Waals surface area contributed by atoms with Crippen LogP contribution in [0.2, 0.25) is 0 Å². The van der Waals surface area contributed by atoms with Gasteiger partial charge in [-0.3, -0.25) is 4.84 Å². The molecule has 0 aromatic carbocycles. The highest BCUT2D eigenvalue weighted by molar-refractivity contribution is 5.63. The third-order valence-electron chi connectivity index (χ3n) is 1.42. The predicted molar refractivity (Wildman–Crippen MR) is 52.0 cm³/mol. The van der Waals surface area contributed by atoms with Gasteiger partial charge in [-0.15, -0.1) is 0 Å². The largest absolute Gasteiger partial charge is 0.463 e. The molecule has 0 bridgehead atoms. The van der Waals surface area contributed by atoms with Crippen LogP contribution in [0.3, 0.4) is 0 Å². The fourth-order valence-corrected chi connectivity index (χ4v) is 0.746. The molecule has 0 aliphatic rings. The van der Waals surface area contributed by atoms with Crippen molar-refractivity contribution in [2.45, 2.75) is 20.8 Å². The molecule has 5 heteroatoms. The van der Waals surface area contributed by atoms with Crippen molar-refractivity contribution in [2.24, 2.45) is 5.92 Å². The van der Waals surface area contributed by atoms with E-state index in [0.29, 0.717) is 25.7 Å². The molecule has 1 N–H and O–H groups in total. The Hall–Kier alpha value is -0.810. The average molecular weight is 205 g/mol. The number of carboxylic acid groups (broad SMARTS) is 1. The van der Waals surface area contributed by atoms with Crippen LogP contribution in [0.4, 0.5) is 4.79 Å². The number of amides is 1. The quantitative estimate of drug-likeness (QED) is 0.506. The number of hydroxylamine groups is 2. The van der Waals surface area contributed by atoms with Gasteiger partial charge in [0.25, 0.3) is 0 Å². The summed E-state index contributed by atoms with van der Waals surface area (Å²) in [6.07, 6.45) is -1.08. The lowest BCUT2D eigenvalue weighted by molar-refractivity contribution is -0.146. The first kappa shape index (κ1) is 13.2. The lowest BCUT2D eigenvalue weighted by Gasteiger charge is -2.19. The monoisotopic (exact) mass is 205 g/mol. The van der Waals surface area contributed by atoms with Crippen LogP contribution >= 0.6 is 0 Å². The second-order valence-corrected chi connectivity index (χ2v) is 3.27. The van der Waals surface area contributed by atoms with Gasteiger partial charge >= 0.3 is 6.09 Å². The minimum atomic E-state index is -1.08. The SMILES string of the molecule is CCOCCN(OCC(C)C)C(=O)O. The number of rotatable bonds is 7. The molecule has 0 aromatic rings. The Bertz CT molecular complexity index is 161. The lowest BCUT2D eigenvalue weighted by Crippen LogP contribution is -2.34. The molecule has 0 saturated heterocycles. The normalized spacial score (nSPS) is 10.6. The zero-order valence-electron chi connectivity index (χ0n) is 9.02. The van der Waals surface area contributed by atoms with Crippen LogP contribution in [0.1, 0.15) is 20.8 Å². The molecule has 0 unspecified atom stereocenters. The molecule has 0 heterocycles. The number of ether oxygens (including phenoxy) is 1.